The fourth-order valence-electron chi connectivity index (χ4n) is 2.19. The number of ether oxygens (including phenoxy) is 1. The SMILES string of the molecule is C=C[C@@H](CCc1ccccc1)OC(=O)Cc1ccccc1Cl. The molecule has 0 amide bonds. The van der Waals surface area contributed by atoms with Crippen LogP contribution in [0.1, 0.15) is 17.5 Å². The first kappa shape index (κ1) is 16.3. The number of hydrogen-bond donors (Lipinski definition) is 0. The van der Waals surface area contributed by atoms with Crippen LogP contribution in [0.25, 0.3) is 0 Å². The number of benzene rings is 2. The van der Waals surface area contributed by atoms with E-state index in [2.05, 4.69) is 18.7 Å². The molecule has 1 atom stereocenters. The normalized spacial score (nSPS) is 11.7. The summed E-state index contributed by atoms with van der Waals surface area (Å²) in [5.41, 5.74) is 2.00. The van der Waals surface area contributed by atoms with Crippen molar-refractivity contribution in [3.8, 4) is 0 Å². The third-order valence-electron chi connectivity index (χ3n) is 3.40. The molecule has 0 aliphatic rings. The summed E-state index contributed by atoms with van der Waals surface area (Å²) >= 11 is 6.05. The molecule has 2 aromatic carbocycles. The van der Waals surface area contributed by atoms with Gasteiger partial charge in [0.1, 0.15) is 6.10 Å². The summed E-state index contributed by atoms with van der Waals surface area (Å²) in [4.78, 5) is 12.0. The number of aryl methyl sites for hydroxylation is 1. The molecular formula is C19H19ClO2. The van der Waals surface area contributed by atoms with Crippen LogP contribution >= 0.6 is 11.6 Å². The number of carbonyl (C=O) groups excluding carboxylic acids is 1. The van der Waals surface area contributed by atoms with Crippen LogP contribution in [-0.2, 0) is 22.4 Å². The maximum atomic E-state index is 12.0. The minimum atomic E-state index is -0.286. The highest BCUT2D eigenvalue weighted by Gasteiger charge is 2.13. The minimum Gasteiger partial charge on any atom is -0.458 e. The van der Waals surface area contributed by atoms with E-state index in [-0.39, 0.29) is 18.5 Å². The largest absolute Gasteiger partial charge is 0.458 e. The van der Waals surface area contributed by atoms with Crippen LogP contribution in [0.5, 0.6) is 0 Å². The third-order valence-corrected chi connectivity index (χ3v) is 3.77. The van der Waals surface area contributed by atoms with Crippen molar-refractivity contribution >= 4 is 17.6 Å². The van der Waals surface area contributed by atoms with Crippen molar-refractivity contribution in [2.24, 2.45) is 0 Å². The molecule has 0 saturated heterocycles. The van der Waals surface area contributed by atoms with Gasteiger partial charge in [-0.15, -0.1) is 0 Å². The first-order chi connectivity index (χ1) is 10.7. The van der Waals surface area contributed by atoms with Gasteiger partial charge in [0.15, 0.2) is 0 Å². The smallest absolute Gasteiger partial charge is 0.310 e. The summed E-state index contributed by atoms with van der Waals surface area (Å²) < 4.78 is 5.46. The molecule has 0 aliphatic heterocycles. The summed E-state index contributed by atoms with van der Waals surface area (Å²) in [5, 5.41) is 0.582. The van der Waals surface area contributed by atoms with E-state index in [4.69, 9.17) is 16.3 Å². The van der Waals surface area contributed by atoms with Gasteiger partial charge in [-0.1, -0.05) is 72.8 Å². The molecule has 0 N–H and O–H groups in total. The van der Waals surface area contributed by atoms with Crippen molar-refractivity contribution in [3.63, 3.8) is 0 Å². The van der Waals surface area contributed by atoms with E-state index in [0.29, 0.717) is 5.02 Å². The molecule has 0 aliphatic carbocycles. The molecule has 0 fully saturated rings. The lowest BCUT2D eigenvalue weighted by molar-refractivity contribution is -0.146. The van der Waals surface area contributed by atoms with Crippen LogP contribution < -0.4 is 0 Å². The third kappa shape index (κ3) is 5.05. The summed E-state index contributed by atoms with van der Waals surface area (Å²) in [5.74, 6) is -0.286. The van der Waals surface area contributed by atoms with E-state index in [0.717, 1.165) is 18.4 Å². The van der Waals surface area contributed by atoms with Gasteiger partial charge in [-0.25, -0.2) is 0 Å². The summed E-state index contributed by atoms with van der Waals surface area (Å²) in [6.45, 7) is 3.75. The molecule has 3 heteroatoms. The molecule has 0 saturated carbocycles. The molecule has 0 unspecified atom stereocenters. The van der Waals surface area contributed by atoms with Gasteiger partial charge in [-0.2, -0.15) is 0 Å². The number of rotatable bonds is 7. The maximum absolute atomic E-state index is 12.0. The average molecular weight is 315 g/mol. The number of hydrogen-bond acceptors (Lipinski definition) is 2. The van der Waals surface area contributed by atoms with E-state index in [9.17, 15) is 4.79 Å². The fourth-order valence-corrected chi connectivity index (χ4v) is 2.39. The van der Waals surface area contributed by atoms with Crippen molar-refractivity contribution in [3.05, 3.63) is 83.4 Å². The monoisotopic (exact) mass is 314 g/mol. The fraction of sp³-hybridized carbons (Fsp3) is 0.211. The molecule has 0 heterocycles. The Hall–Kier alpha value is -2.06. The Morgan fingerprint density at radius 1 is 1.14 bits per heavy atom. The Bertz CT molecular complexity index is 622. The lowest BCUT2D eigenvalue weighted by Gasteiger charge is -2.14. The Morgan fingerprint density at radius 3 is 2.50 bits per heavy atom. The highest BCUT2D eigenvalue weighted by molar-refractivity contribution is 6.31. The van der Waals surface area contributed by atoms with Gasteiger partial charge in [0.05, 0.1) is 6.42 Å². The van der Waals surface area contributed by atoms with E-state index >= 15 is 0 Å². The van der Waals surface area contributed by atoms with Gasteiger partial charge in [0.2, 0.25) is 0 Å². The molecule has 0 bridgehead atoms. The average Bonchev–Trinajstić information content (AvgIpc) is 2.54. The van der Waals surface area contributed by atoms with Crippen LogP contribution in [0.2, 0.25) is 5.02 Å². The summed E-state index contributed by atoms with van der Waals surface area (Å²) in [6.07, 6.45) is 3.14. The predicted molar refractivity (Wildman–Crippen MR) is 90.0 cm³/mol. The Balaban J connectivity index is 1.86. The highest BCUT2D eigenvalue weighted by Crippen LogP contribution is 2.17. The van der Waals surface area contributed by atoms with Gasteiger partial charge in [0.25, 0.3) is 0 Å². The van der Waals surface area contributed by atoms with Gasteiger partial charge >= 0.3 is 5.97 Å². The van der Waals surface area contributed by atoms with Crippen LogP contribution in [0.3, 0.4) is 0 Å². The first-order valence-electron chi connectivity index (χ1n) is 7.28. The van der Waals surface area contributed by atoms with Crippen molar-refractivity contribution in [2.45, 2.75) is 25.4 Å². The van der Waals surface area contributed by atoms with E-state index in [1.807, 2.05) is 36.4 Å². The zero-order valence-corrected chi connectivity index (χ0v) is 13.1. The highest BCUT2D eigenvalue weighted by atomic mass is 35.5. The second-order valence-corrected chi connectivity index (χ2v) is 5.46. The van der Waals surface area contributed by atoms with Crippen molar-refractivity contribution in [1.29, 1.82) is 0 Å². The van der Waals surface area contributed by atoms with Crippen LogP contribution in [0.4, 0.5) is 0 Å². The van der Waals surface area contributed by atoms with Gasteiger partial charge < -0.3 is 4.74 Å². The first-order valence-corrected chi connectivity index (χ1v) is 7.66. The van der Waals surface area contributed by atoms with Gasteiger partial charge in [-0.05, 0) is 30.0 Å². The Kier molecular flexibility index (Phi) is 6.23. The summed E-state index contributed by atoms with van der Waals surface area (Å²) in [7, 11) is 0. The maximum Gasteiger partial charge on any atom is 0.310 e. The van der Waals surface area contributed by atoms with Crippen molar-refractivity contribution in [2.75, 3.05) is 0 Å². The topological polar surface area (TPSA) is 26.3 Å². The second kappa shape index (κ2) is 8.40. The van der Waals surface area contributed by atoms with Gasteiger partial charge in [-0.3, -0.25) is 4.79 Å². The number of halogens is 1. The van der Waals surface area contributed by atoms with E-state index < -0.39 is 0 Å². The van der Waals surface area contributed by atoms with Crippen molar-refractivity contribution < 1.29 is 9.53 Å². The molecule has 22 heavy (non-hydrogen) atoms. The standard InChI is InChI=1S/C19H19ClO2/c1-2-17(13-12-15-8-4-3-5-9-15)22-19(21)14-16-10-6-7-11-18(16)20/h2-11,17H,1,12-14H2/t17-/m0/s1. The molecule has 2 rings (SSSR count). The Morgan fingerprint density at radius 2 is 1.82 bits per heavy atom. The molecule has 2 aromatic rings. The van der Waals surface area contributed by atoms with E-state index in [1.54, 1.807) is 12.1 Å². The number of carbonyl (C=O) groups is 1. The zero-order valence-electron chi connectivity index (χ0n) is 12.4. The minimum absolute atomic E-state index is 0.176. The molecule has 114 valence electrons. The number of esters is 1. The van der Waals surface area contributed by atoms with E-state index in [1.165, 1.54) is 5.56 Å². The second-order valence-electron chi connectivity index (χ2n) is 5.06. The van der Waals surface area contributed by atoms with Crippen LogP contribution in [-0.4, -0.2) is 12.1 Å². The molecule has 0 radical (unpaired) electrons. The predicted octanol–water partition coefficient (Wildman–Crippen LogP) is 4.61. The Labute approximate surface area is 136 Å². The molecule has 2 nitrogen and oxygen atoms in total. The lowest BCUT2D eigenvalue weighted by Crippen LogP contribution is -2.18. The van der Waals surface area contributed by atoms with Crippen LogP contribution in [0, 0.1) is 0 Å². The van der Waals surface area contributed by atoms with Crippen molar-refractivity contribution in [1.82, 2.24) is 0 Å². The quantitative estimate of drug-likeness (QED) is 0.551. The lowest BCUT2D eigenvalue weighted by atomic mass is 10.1. The van der Waals surface area contributed by atoms with Gasteiger partial charge in [0, 0.05) is 5.02 Å². The molecule has 0 aromatic heterocycles. The summed E-state index contributed by atoms with van der Waals surface area (Å²) in [6, 6.07) is 17.4. The van der Waals surface area contributed by atoms with Crippen LogP contribution in [0.15, 0.2) is 67.3 Å². The molecular weight excluding hydrogens is 296 g/mol. The zero-order chi connectivity index (χ0) is 15.8. The molecule has 0 spiro atoms.